The van der Waals surface area contributed by atoms with Crippen LogP contribution in [0.25, 0.3) is 6.08 Å². The Morgan fingerprint density at radius 1 is 1.33 bits per heavy atom. The van der Waals surface area contributed by atoms with E-state index in [0.717, 1.165) is 16.3 Å². The molecule has 12 heavy (non-hydrogen) atoms. The van der Waals surface area contributed by atoms with Gasteiger partial charge in [-0.3, -0.25) is 4.79 Å². The van der Waals surface area contributed by atoms with Crippen LogP contribution in [0.3, 0.4) is 0 Å². The van der Waals surface area contributed by atoms with Gasteiger partial charge in [0.1, 0.15) is 6.29 Å². The lowest BCUT2D eigenvalue weighted by Gasteiger charge is -1.97. The highest BCUT2D eigenvalue weighted by atomic mass is 79.9. The smallest absolute Gasteiger partial charge is 0.142 e. The Kier molecular flexibility index (Phi) is 3.23. The van der Waals surface area contributed by atoms with E-state index in [1.165, 1.54) is 11.6 Å². The number of benzene rings is 1. The lowest BCUT2D eigenvalue weighted by atomic mass is 10.1. The van der Waals surface area contributed by atoms with E-state index in [9.17, 15) is 4.79 Å². The topological polar surface area (TPSA) is 17.1 Å². The maximum Gasteiger partial charge on any atom is 0.142 e. The minimum absolute atomic E-state index is 0.774. The highest BCUT2D eigenvalue weighted by molar-refractivity contribution is 9.10. The molecule has 2 heteroatoms. The van der Waals surface area contributed by atoms with Crippen molar-refractivity contribution in [3.05, 3.63) is 39.9 Å². The molecular formula is C10H9BrO. The highest BCUT2D eigenvalue weighted by Crippen LogP contribution is 2.15. The molecule has 0 heterocycles. The normalized spacial score (nSPS) is 10.5. The second-order valence-corrected chi connectivity index (χ2v) is 3.47. The number of halogens is 1. The van der Waals surface area contributed by atoms with Crippen molar-refractivity contribution in [2.75, 3.05) is 0 Å². The monoisotopic (exact) mass is 224 g/mol. The van der Waals surface area contributed by atoms with Crippen molar-refractivity contribution in [1.29, 1.82) is 0 Å². The summed E-state index contributed by atoms with van der Waals surface area (Å²) in [7, 11) is 0. The first kappa shape index (κ1) is 9.20. The van der Waals surface area contributed by atoms with Crippen LogP contribution in [-0.4, -0.2) is 6.29 Å². The molecule has 62 valence electrons. The number of aldehydes is 1. The summed E-state index contributed by atoms with van der Waals surface area (Å²) in [4.78, 5) is 10.0. The number of hydrogen-bond acceptors (Lipinski definition) is 1. The SMILES string of the molecule is Cc1cc(Br)cc(/C=C/C=O)c1. The largest absolute Gasteiger partial charge is 0.299 e. The average Bonchev–Trinajstić information content (AvgIpc) is 1.99. The maximum absolute atomic E-state index is 10.0. The zero-order valence-corrected chi connectivity index (χ0v) is 8.34. The molecule has 0 bridgehead atoms. The Balaban J connectivity index is 3.00. The quantitative estimate of drug-likeness (QED) is 0.558. The van der Waals surface area contributed by atoms with Gasteiger partial charge in [-0.05, 0) is 36.3 Å². The average molecular weight is 225 g/mol. The number of carbonyl (C=O) groups is 1. The molecule has 0 radical (unpaired) electrons. The number of allylic oxidation sites excluding steroid dienone is 1. The summed E-state index contributed by atoms with van der Waals surface area (Å²) >= 11 is 3.38. The van der Waals surface area contributed by atoms with Crippen molar-refractivity contribution in [3.8, 4) is 0 Å². The highest BCUT2D eigenvalue weighted by Gasteiger charge is 1.91. The van der Waals surface area contributed by atoms with Crippen molar-refractivity contribution < 1.29 is 4.79 Å². The molecule has 0 amide bonds. The molecule has 1 aromatic rings. The van der Waals surface area contributed by atoms with E-state index >= 15 is 0 Å². The zero-order valence-electron chi connectivity index (χ0n) is 6.75. The second-order valence-electron chi connectivity index (χ2n) is 2.56. The molecule has 1 aromatic carbocycles. The van der Waals surface area contributed by atoms with Gasteiger partial charge in [0.2, 0.25) is 0 Å². The second kappa shape index (κ2) is 4.21. The summed E-state index contributed by atoms with van der Waals surface area (Å²) in [5, 5.41) is 0. The standard InChI is InChI=1S/C10H9BrO/c1-8-5-9(3-2-4-12)7-10(11)6-8/h2-7H,1H3/b3-2+. The minimum Gasteiger partial charge on any atom is -0.299 e. The summed E-state index contributed by atoms with van der Waals surface area (Å²) in [6, 6.07) is 6.01. The van der Waals surface area contributed by atoms with Crippen LogP contribution in [0.2, 0.25) is 0 Å². The Morgan fingerprint density at radius 2 is 2.08 bits per heavy atom. The van der Waals surface area contributed by atoms with Crippen LogP contribution in [-0.2, 0) is 4.79 Å². The Labute approximate surface area is 80.2 Å². The molecule has 1 rings (SSSR count). The maximum atomic E-state index is 10.0. The van der Waals surface area contributed by atoms with Gasteiger partial charge < -0.3 is 0 Å². The molecule has 0 N–H and O–H groups in total. The van der Waals surface area contributed by atoms with Crippen LogP contribution in [0, 0.1) is 6.92 Å². The van der Waals surface area contributed by atoms with Gasteiger partial charge in [0.25, 0.3) is 0 Å². The van der Waals surface area contributed by atoms with Gasteiger partial charge in [-0.15, -0.1) is 0 Å². The fourth-order valence-corrected chi connectivity index (χ4v) is 1.64. The van der Waals surface area contributed by atoms with Gasteiger partial charge in [0, 0.05) is 4.47 Å². The molecule has 0 fully saturated rings. The molecule has 0 saturated carbocycles. The van der Waals surface area contributed by atoms with E-state index in [2.05, 4.69) is 15.9 Å². The Hall–Kier alpha value is -0.890. The van der Waals surface area contributed by atoms with Crippen molar-refractivity contribution in [2.45, 2.75) is 6.92 Å². The van der Waals surface area contributed by atoms with Crippen LogP contribution in [0.5, 0.6) is 0 Å². The molecule has 1 nitrogen and oxygen atoms in total. The van der Waals surface area contributed by atoms with Crippen LogP contribution in [0.1, 0.15) is 11.1 Å². The van der Waals surface area contributed by atoms with Crippen LogP contribution < -0.4 is 0 Å². The van der Waals surface area contributed by atoms with Crippen molar-refractivity contribution in [3.63, 3.8) is 0 Å². The van der Waals surface area contributed by atoms with Gasteiger partial charge >= 0.3 is 0 Å². The fourth-order valence-electron chi connectivity index (χ4n) is 1.01. The van der Waals surface area contributed by atoms with Gasteiger partial charge in [0.15, 0.2) is 0 Å². The van der Waals surface area contributed by atoms with Gasteiger partial charge in [-0.2, -0.15) is 0 Å². The molecule has 0 aliphatic rings. The fraction of sp³-hybridized carbons (Fsp3) is 0.100. The summed E-state index contributed by atoms with van der Waals surface area (Å²) in [6.07, 6.45) is 4.04. The summed E-state index contributed by atoms with van der Waals surface area (Å²) < 4.78 is 1.04. The van der Waals surface area contributed by atoms with Crippen LogP contribution in [0.15, 0.2) is 28.7 Å². The zero-order chi connectivity index (χ0) is 8.97. The predicted octanol–water partition coefficient (Wildman–Crippen LogP) is 2.97. The molecule has 0 atom stereocenters. The van der Waals surface area contributed by atoms with Crippen molar-refractivity contribution in [2.24, 2.45) is 0 Å². The lowest BCUT2D eigenvalue weighted by Crippen LogP contribution is -1.76. The number of rotatable bonds is 2. The van der Waals surface area contributed by atoms with Crippen molar-refractivity contribution in [1.82, 2.24) is 0 Å². The first-order valence-corrected chi connectivity index (χ1v) is 4.41. The van der Waals surface area contributed by atoms with E-state index in [-0.39, 0.29) is 0 Å². The molecule has 0 spiro atoms. The molecule has 0 aliphatic carbocycles. The summed E-state index contributed by atoms with van der Waals surface area (Å²) in [6.45, 7) is 2.02. The van der Waals surface area contributed by atoms with E-state index in [1.54, 1.807) is 6.08 Å². The van der Waals surface area contributed by atoms with Crippen molar-refractivity contribution >= 4 is 28.3 Å². The minimum atomic E-state index is 0.774. The lowest BCUT2D eigenvalue weighted by molar-refractivity contribution is -0.104. The molecular weight excluding hydrogens is 216 g/mol. The molecule has 0 saturated heterocycles. The van der Waals surface area contributed by atoms with E-state index < -0.39 is 0 Å². The van der Waals surface area contributed by atoms with Gasteiger partial charge in [-0.1, -0.05) is 28.1 Å². The Morgan fingerprint density at radius 3 is 2.67 bits per heavy atom. The van der Waals surface area contributed by atoms with Crippen LogP contribution in [0.4, 0.5) is 0 Å². The van der Waals surface area contributed by atoms with E-state index in [4.69, 9.17) is 0 Å². The van der Waals surface area contributed by atoms with E-state index in [0.29, 0.717) is 0 Å². The molecule has 0 aromatic heterocycles. The van der Waals surface area contributed by atoms with Crippen LogP contribution >= 0.6 is 15.9 Å². The predicted molar refractivity (Wildman–Crippen MR) is 54.0 cm³/mol. The van der Waals surface area contributed by atoms with Gasteiger partial charge in [-0.25, -0.2) is 0 Å². The first-order chi connectivity index (χ1) is 5.72. The molecule has 0 aliphatic heterocycles. The number of hydrogen-bond donors (Lipinski definition) is 0. The third kappa shape index (κ3) is 2.62. The third-order valence-electron chi connectivity index (χ3n) is 1.43. The number of aryl methyl sites for hydroxylation is 1. The third-order valence-corrected chi connectivity index (χ3v) is 1.89. The van der Waals surface area contributed by atoms with Gasteiger partial charge in [0.05, 0.1) is 0 Å². The molecule has 0 unspecified atom stereocenters. The summed E-state index contributed by atoms with van der Waals surface area (Å²) in [5.74, 6) is 0. The summed E-state index contributed by atoms with van der Waals surface area (Å²) in [5.41, 5.74) is 2.21. The first-order valence-electron chi connectivity index (χ1n) is 3.61. The number of carbonyl (C=O) groups excluding carboxylic acids is 1. The Bertz CT molecular complexity index is 295. The van der Waals surface area contributed by atoms with E-state index in [1.807, 2.05) is 25.1 Å².